The van der Waals surface area contributed by atoms with Gasteiger partial charge in [0, 0.05) is 6.42 Å². The van der Waals surface area contributed by atoms with Gasteiger partial charge in [0.25, 0.3) is 0 Å². The van der Waals surface area contributed by atoms with Crippen molar-refractivity contribution < 1.29 is 32.9 Å². The minimum Gasteiger partial charge on any atom is -0.391 e. The van der Waals surface area contributed by atoms with E-state index in [2.05, 4.69) is 43.5 Å². The number of aliphatic hydroxyl groups excluding tert-OH is 1. The van der Waals surface area contributed by atoms with E-state index >= 15 is 0 Å². The van der Waals surface area contributed by atoms with Gasteiger partial charge >= 0.3 is 7.82 Å². The van der Waals surface area contributed by atoms with Crippen LogP contribution in [-0.4, -0.2) is 73.4 Å². The van der Waals surface area contributed by atoms with Gasteiger partial charge in [-0.15, -0.1) is 0 Å². The van der Waals surface area contributed by atoms with Crippen LogP contribution in [0, 0.1) is 0 Å². The summed E-state index contributed by atoms with van der Waals surface area (Å²) in [4.78, 5) is 23.1. The summed E-state index contributed by atoms with van der Waals surface area (Å²) < 4.78 is 23.6. The molecular formula is C47H94N2O6P+. The van der Waals surface area contributed by atoms with Gasteiger partial charge in [-0.05, 0) is 44.9 Å². The van der Waals surface area contributed by atoms with Crippen molar-refractivity contribution in [2.75, 3.05) is 40.9 Å². The van der Waals surface area contributed by atoms with E-state index in [0.717, 1.165) is 44.9 Å². The molecule has 0 aromatic carbocycles. The molecule has 3 N–H and O–H groups in total. The number of unbranched alkanes of at least 4 members (excludes halogenated alkanes) is 26. The first-order chi connectivity index (χ1) is 27.0. The molecule has 1 amide bonds. The number of likely N-dealkylation sites (N-methyl/N-ethyl adjacent to an activating group) is 1. The molecule has 0 aromatic rings. The molecule has 9 heteroatoms. The highest BCUT2D eigenvalue weighted by Gasteiger charge is 2.28. The van der Waals surface area contributed by atoms with Crippen molar-refractivity contribution in [2.45, 2.75) is 231 Å². The minimum atomic E-state index is -4.31. The van der Waals surface area contributed by atoms with E-state index in [-0.39, 0.29) is 19.1 Å². The molecule has 0 aliphatic heterocycles. The summed E-state index contributed by atoms with van der Waals surface area (Å²) in [5, 5.41) is 13.9. The molecule has 56 heavy (non-hydrogen) atoms. The Hall–Kier alpha value is -1.02. The Morgan fingerprint density at radius 3 is 1.46 bits per heavy atom. The number of carbonyl (C=O) groups is 1. The molecule has 332 valence electrons. The highest BCUT2D eigenvalue weighted by molar-refractivity contribution is 7.47. The van der Waals surface area contributed by atoms with Crippen molar-refractivity contribution in [2.24, 2.45) is 0 Å². The van der Waals surface area contributed by atoms with Gasteiger partial charge in [-0.3, -0.25) is 13.8 Å². The van der Waals surface area contributed by atoms with Crippen LogP contribution in [0.3, 0.4) is 0 Å². The zero-order valence-electron chi connectivity index (χ0n) is 37.6. The lowest BCUT2D eigenvalue weighted by atomic mass is 10.0. The monoisotopic (exact) mass is 814 g/mol. The van der Waals surface area contributed by atoms with Gasteiger partial charge < -0.3 is 19.8 Å². The van der Waals surface area contributed by atoms with Crippen molar-refractivity contribution in [3.63, 3.8) is 0 Å². The third-order valence-corrected chi connectivity index (χ3v) is 11.7. The molecule has 3 atom stereocenters. The molecular weight excluding hydrogens is 719 g/mol. The van der Waals surface area contributed by atoms with Crippen LogP contribution >= 0.6 is 7.82 Å². The summed E-state index contributed by atoms with van der Waals surface area (Å²) in [6.07, 6.45) is 46.4. The van der Waals surface area contributed by atoms with Gasteiger partial charge in [-0.25, -0.2) is 4.57 Å². The number of nitrogens with one attached hydrogen (secondary N) is 1. The molecule has 0 saturated carbocycles. The van der Waals surface area contributed by atoms with Crippen LogP contribution in [0.5, 0.6) is 0 Å². The van der Waals surface area contributed by atoms with Gasteiger partial charge in [0.2, 0.25) is 5.91 Å². The van der Waals surface area contributed by atoms with E-state index in [1.165, 1.54) is 148 Å². The summed E-state index contributed by atoms with van der Waals surface area (Å²) in [5.41, 5.74) is 0. The molecule has 3 unspecified atom stereocenters. The lowest BCUT2D eigenvalue weighted by Gasteiger charge is -2.26. The van der Waals surface area contributed by atoms with Gasteiger partial charge in [0.05, 0.1) is 39.9 Å². The van der Waals surface area contributed by atoms with Crippen molar-refractivity contribution in [1.82, 2.24) is 5.32 Å². The van der Waals surface area contributed by atoms with E-state index in [9.17, 15) is 19.4 Å². The summed E-state index contributed by atoms with van der Waals surface area (Å²) >= 11 is 0. The van der Waals surface area contributed by atoms with Crippen molar-refractivity contribution in [3.05, 3.63) is 24.3 Å². The van der Waals surface area contributed by atoms with E-state index in [0.29, 0.717) is 23.9 Å². The SMILES string of the molecule is CCCCCCC/C=C\C/C=C\CCCCCCCCCCCCCC(=O)NC(COP(=O)(O)OCC[N+](C)(C)C)C(O)CCCCCCCCCCCCC. The third-order valence-electron chi connectivity index (χ3n) is 10.7. The maximum atomic E-state index is 12.9. The van der Waals surface area contributed by atoms with Gasteiger partial charge in [0.15, 0.2) is 0 Å². The zero-order chi connectivity index (χ0) is 41.4. The second kappa shape index (κ2) is 39.4. The highest BCUT2D eigenvalue weighted by atomic mass is 31.2. The fourth-order valence-electron chi connectivity index (χ4n) is 6.90. The van der Waals surface area contributed by atoms with Crippen molar-refractivity contribution in [3.8, 4) is 0 Å². The molecule has 0 spiro atoms. The first-order valence-corrected chi connectivity index (χ1v) is 25.2. The molecule has 0 saturated heterocycles. The van der Waals surface area contributed by atoms with E-state index < -0.39 is 20.0 Å². The summed E-state index contributed by atoms with van der Waals surface area (Å²) in [7, 11) is 1.62. The lowest BCUT2D eigenvalue weighted by Crippen LogP contribution is -2.46. The predicted molar refractivity (Wildman–Crippen MR) is 240 cm³/mol. The van der Waals surface area contributed by atoms with Crippen LogP contribution in [0.15, 0.2) is 24.3 Å². The van der Waals surface area contributed by atoms with Crippen LogP contribution in [0.1, 0.15) is 219 Å². The topological polar surface area (TPSA) is 105 Å². The van der Waals surface area contributed by atoms with E-state index in [4.69, 9.17) is 9.05 Å². The molecule has 0 aliphatic rings. The number of quaternary nitrogens is 1. The maximum Gasteiger partial charge on any atom is 0.472 e. The highest BCUT2D eigenvalue weighted by Crippen LogP contribution is 2.43. The third kappa shape index (κ3) is 41.2. The molecule has 0 rings (SSSR count). The molecule has 8 nitrogen and oxygen atoms in total. The second-order valence-corrected chi connectivity index (χ2v) is 18.9. The first-order valence-electron chi connectivity index (χ1n) is 23.7. The lowest BCUT2D eigenvalue weighted by molar-refractivity contribution is -0.870. The van der Waals surface area contributed by atoms with Crippen molar-refractivity contribution in [1.29, 1.82) is 0 Å². The molecule has 0 heterocycles. The van der Waals surface area contributed by atoms with Gasteiger partial charge in [-0.1, -0.05) is 192 Å². The molecule has 0 aromatic heterocycles. The Bertz CT molecular complexity index is 969. The quantitative estimate of drug-likeness (QED) is 0.0245. The number of rotatable bonds is 43. The first kappa shape index (κ1) is 55.0. The Labute approximate surface area is 347 Å². The molecule has 0 radical (unpaired) electrons. The van der Waals surface area contributed by atoms with Crippen LogP contribution in [0.2, 0.25) is 0 Å². The van der Waals surface area contributed by atoms with Crippen LogP contribution in [0.25, 0.3) is 0 Å². The normalized spacial score (nSPS) is 14.5. The van der Waals surface area contributed by atoms with E-state index in [1.807, 2.05) is 21.1 Å². The standard InChI is InChI=1S/C47H93N2O6P/c1-6-8-10-12-14-16-18-19-20-21-22-23-24-25-26-27-28-29-31-33-35-37-39-41-47(51)48-45(44-55-56(52,53)54-43-42-49(3,4)5)46(50)40-38-36-34-32-30-17-15-13-11-9-7-2/h18-19,21-22,45-46,50H,6-17,20,23-44H2,1-5H3,(H-,48,51,52,53)/p+1/b19-18-,22-21-. The number of phosphoric ester groups is 1. The van der Waals surface area contributed by atoms with Gasteiger partial charge in [-0.2, -0.15) is 0 Å². The smallest absolute Gasteiger partial charge is 0.391 e. The number of hydrogen-bond donors (Lipinski definition) is 3. The second-order valence-electron chi connectivity index (χ2n) is 17.5. The number of nitrogens with zero attached hydrogens (tertiary/aromatic N) is 1. The number of phosphoric acid groups is 1. The van der Waals surface area contributed by atoms with Crippen LogP contribution < -0.4 is 5.32 Å². The fraction of sp³-hybridized carbons (Fsp3) is 0.894. The number of allylic oxidation sites excluding steroid dienone is 4. The van der Waals surface area contributed by atoms with Crippen LogP contribution in [-0.2, 0) is 18.4 Å². The summed E-state index contributed by atoms with van der Waals surface area (Å²) in [5.74, 6) is -0.147. The predicted octanol–water partition coefficient (Wildman–Crippen LogP) is 13.3. The average Bonchev–Trinajstić information content (AvgIpc) is 3.15. The minimum absolute atomic E-state index is 0.0750. The number of carbonyl (C=O) groups excluding carboxylic acids is 1. The maximum absolute atomic E-state index is 12.9. The number of hydrogen-bond acceptors (Lipinski definition) is 5. The summed E-state index contributed by atoms with van der Waals surface area (Å²) in [6, 6.07) is -0.758. The van der Waals surface area contributed by atoms with Gasteiger partial charge in [0.1, 0.15) is 13.2 Å². The van der Waals surface area contributed by atoms with Crippen LogP contribution in [0.4, 0.5) is 0 Å². The molecule has 0 aliphatic carbocycles. The summed E-state index contributed by atoms with van der Waals surface area (Å²) in [6.45, 7) is 4.87. The van der Waals surface area contributed by atoms with Crippen molar-refractivity contribution >= 4 is 13.7 Å². The Kier molecular flexibility index (Phi) is 38.7. The Morgan fingerprint density at radius 2 is 1.02 bits per heavy atom. The number of aliphatic hydroxyl groups is 1. The Balaban J connectivity index is 4.20. The largest absolute Gasteiger partial charge is 0.472 e. The zero-order valence-corrected chi connectivity index (χ0v) is 38.5. The average molecular weight is 814 g/mol. The number of amides is 1. The molecule has 0 bridgehead atoms. The molecule has 0 fully saturated rings. The Morgan fingerprint density at radius 1 is 0.607 bits per heavy atom. The van der Waals surface area contributed by atoms with E-state index in [1.54, 1.807) is 0 Å². The fourth-order valence-corrected chi connectivity index (χ4v) is 7.64.